The Morgan fingerprint density at radius 2 is 1.13 bits per heavy atom. The van der Waals surface area contributed by atoms with Gasteiger partial charge in [0, 0.05) is 0 Å². The fourth-order valence-corrected chi connectivity index (χ4v) is 4.09. The number of unbranched alkanes of at least 4 members (excludes halogenated alkanes) is 10. The number of hydrogen-bond donors (Lipinski definition) is 2. The molecule has 0 heterocycles. The van der Waals surface area contributed by atoms with Crippen molar-refractivity contribution < 1.29 is 17.5 Å². The Balaban J connectivity index is 0.000000861. The van der Waals surface area contributed by atoms with E-state index in [1.165, 1.54) is 101 Å². The average Bonchev–Trinajstić information content (AvgIpc) is 2.72. The number of benzene rings is 2. The van der Waals surface area contributed by atoms with Crippen molar-refractivity contribution in [1.29, 1.82) is 0 Å². The van der Waals surface area contributed by atoms with Gasteiger partial charge in [0.05, 0.1) is 0 Å². The first-order chi connectivity index (χ1) is 14.9. The van der Waals surface area contributed by atoms with Gasteiger partial charge >= 0.3 is 10.4 Å². The molecule has 0 bridgehead atoms. The second-order valence-corrected chi connectivity index (χ2v) is 9.30. The van der Waals surface area contributed by atoms with E-state index in [1.807, 2.05) is 0 Å². The Morgan fingerprint density at radius 1 is 0.645 bits per heavy atom. The summed E-state index contributed by atoms with van der Waals surface area (Å²) in [7, 11) is -4.67. The zero-order valence-electron chi connectivity index (χ0n) is 19.5. The summed E-state index contributed by atoms with van der Waals surface area (Å²) in [6, 6.07) is 13.8. The first kappa shape index (κ1) is 27.6. The van der Waals surface area contributed by atoms with Crippen molar-refractivity contribution in [3.63, 3.8) is 0 Å². The third-order valence-corrected chi connectivity index (χ3v) is 5.72. The van der Waals surface area contributed by atoms with E-state index in [9.17, 15) is 0 Å². The summed E-state index contributed by atoms with van der Waals surface area (Å²) < 4.78 is 31.6. The van der Waals surface area contributed by atoms with E-state index in [0.717, 1.165) is 0 Å². The molecule has 0 saturated carbocycles. The van der Waals surface area contributed by atoms with E-state index in [-0.39, 0.29) is 0 Å². The molecule has 4 nitrogen and oxygen atoms in total. The summed E-state index contributed by atoms with van der Waals surface area (Å²) in [4.78, 5) is 0. The van der Waals surface area contributed by atoms with Crippen LogP contribution in [0.4, 0.5) is 0 Å². The van der Waals surface area contributed by atoms with Crippen molar-refractivity contribution in [2.75, 3.05) is 0 Å². The van der Waals surface area contributed by atoms with Gasteiger partial charge in [0.1, 0.15) is 0 Å². The third-order valence-electron chi connectivity index (χ3n) is 5.72. The van der Waals surface area contributed by atoms with Crippen LogP contribution in [0.3, 0.4) is 0 Å². The fraction of sp³-hybridized carbons (Fsp3) is 0.615. The van der Waals surface area contributed by atoms with Gasteiger partial charge in [0.25, 0.3) is 0 Å². The van der Waals surface area contributed by atoms with Crippen LogP contribution in [0.1, 0.15) is 102 Å². The lowest BCUT2D eigenvalue weighted by Gasteiger charge is -2.14. The Morgan fingerprint density at radius 3 is 1.71 bits per heavy atom. The zero-order valence-corrected chi connectivity index (χ0v) is 20.3. The maximum Gasteiger partial charge on any atom is 0.394 e. The minimum Gasteiger partial charge on any atom is -0.264 e. The number of rotatable bonds is 14. The standard InChI is InChI=1S/C26H40.H2O4S/c1-3-5-7-9-11-13-17-23-21-22-24-18-15-16-20-26(24)25(23)19-14-12-10-8-6-4-2;1-5(2,3)4/h15-16,18,20-22H,3-14,17,19H2,1-2H3;(H2,1,2,3,4). The fourth-order valence-electron chi connectivity index (χ4n) is 4.09. The molecule has 0 radical (unpaired) electrons. The van der Waals surface area contributed by atoms with Crippen LogP contribution in [0.15, 0.2) is 36.4 Å². The Labute approximate surface area is 190 Å². The van der Waals surface area contributed by atoms with Gasteiger partial charge in [-0.1, -0.05) is 114 Å². The van der Waals surface area contributed by atoms with Gasteiger partial charge < -0.3 is 0 Å². The van der Waals surface area contributed by atoms with Gasteiger partial charge in [-0.15, -0.1) is 0 Å². The molecule has 0 aliphatic rings. The van der Waals surface area contributed by atoms with Crippen molar-refractivity contribution in [2.45, 2.75) is 104 Å². The zero-order chi connectivity index (χ0) is 23.0. The van der Waals surface area contributed by atoms with E-state index >= 15 is 0 Å². The molecule has 0 amide bonds. The molecule has 5 heteroatoms. The minimum absolute atomic E-state index is 1.26. The van der Waals surface area contributed by atoms with Crippen LogP contribution in [0.5, 0.6) is 0 Å². The molecule has 2 aromatic rings. The summed E-state index contributed by atoms with van der Waals surface area (Å²) in [5.74, 6) is 0. The van der Waals surface area contributed by atoms with Crippen molar-refractivity contribution in [3.8, 4) is 0 Å². The van der Waals surface area contributed by atoms with Gasteiger partial charge in [-0.2, -0.15) is 8.42 Å². The normalized spacial score (nSPS) is 11.4. The SMILES string of the molecule is CCCCCCCCc1ccc2ccccc2c1CCCCCCCC.O=S(=O)(O)O. The molecule has 0 unspecified atom stereocenters. The molecule has 2 rings (SSSR count). The summed E-state index contributed by atoms with van der Waals surface area (Å²) in [5, 5.41) is 2.92. The van der Waals surface area contributed by atoms with Crippen molar-refractivity contribution >= 4 is 21.2 Å². The molecule has 176 valence electrons. The predicted octanol–water partition coefficient (Wildman–Crippen LogP) is 7.99. The highest BCUT2D eigenvalue weighted by Gasteiger charge is 2.08. The summed E-state index contributed by atoms with van der Waals surface area (Å²) >= 11 is 0. The molecular formula is C26H42O4S. The smallest absolute Gasteiger partial charge is 0.264 e. The van der Waals surface area contributed by atoms with Crippen molar-refractivity contribution in [2.24, 2.45) is 0 Å². The largest absolute Gasteiger partial charge is 0.394 e. The Hall–Kier alpha value is -1.43. The van der Waals surface area contributed by atoms with Crippen LogP contribution in [-0.2, 0) is 23.2 Å². The molecule has 31 heavy (non-hydrogen) atoms. The highest BCUT2D eigenvalue weighted by molar-refractivity contribution is 7.79. The molecule has 0 spiro atoms. The molecule has 0 saturated heterocycles. The molecule has 2 N–H and O–H groups in total. The molecule has 0 aromatic heterocycles. The van der Waals surface area contributed by atoms with Gasteiger partial charge in [-0.05, 0) is 47.6 Å². The highest BCUT2D eigenvalue weighted by Crippen LogP contribution is 2.26. The van der Waals surface area contributed by atoms with E-state index in [1.54, 1.807) is 11.1 Å². The molecule has 0 aliphatic carbocycles. The topological polar surface area (TPSA) is 74.6 Å². The summed E-state index contributed by atoms with van der Waals surface area (Å²) in [6.45, 7) is 4.59. The van der Waals surface area contributed by atoms with Gasteiger partial charge in [0.15, 0.2) is 0 Å². The lowest BCUT2D eigenvalue weighted by molar-refractivity contribution is 0.381. The van der Waals surface area contributed by atoms with Gasteiger partial charge in [-0.25, -0.2) is 0 Å². The van der Waals surface area contributed by atoms with Crippen LogP contribution in [-0.4, -0.2) is 17.5 Å². The first-order valence-electron chi connectivity index (χ1n) is 12.1. The second-order valence-electron chi connectivity index (χ2n) is 8.41. The molecular weight excluding hydrogens is 408 g/mol. The van der Waals surface area contributed by atoms with E-state index < -0.39 is 10.4 Å². The quantitative estimate of drug-likeness (QED) is 0.226. The van der Waals surface area contributed by atoms with Crippen LogP contribution >= 0.6 is 0 Å². The lowest BCUT2D eigenvalue weighted by atomic mass is 9.91. The summed E-state index contributed by atoms with van der Waals surface area (Å²) in [6.07, 6.45) is 19.1. The number of hydrogen-bond acceptors (Lipinski definition) is 2. The molecule has 0 fully saturated rings. The predicted molar refractivity (Wildman–Crippen MR) is 132 cm³/mol. The van der Waals surface area contributed by atoms with Crippen LogP contribution in [0, 0.1) is 0 Å². The second kappa shape index (κ2) is 16.2. The highest BCUT2D eigenvalue weighted by atomic mass is 32.3. The van der Waals surface area contributed by atoms with E-state index in [2.05, 4.69) is 50.2 Å². The van der Waals surface area contributed by atoms with Crippen molar-refractivity contribution in [1.82, 2.24) is 0 Å². The third kappa shape index (κ3) is 13.6. The minimum atomic E-state index is -4.67. The van der Waals surface area contributed by atoms with Crippen LogP contribution < -0.4 is 0 Å². The Kier molecular flexibility index (Phi) is 14.5. The molecule has 0 atom stereocenters. The van der Waals surface area contributed by atoms with Crippen LogP contribution in [0.2, 0.25) is 0 Å². The van der Waals surface area contributed by atoms with Gasteiger partial charge in [0.2, 0.25) is 0 Å². The van der Waals surface area contributed by atoms with E-state index in [4.69, 9.17) is 17.5 Å². The van der Waals surface area contributed by atoms with Crippen molar-refractivity contribution in [3.05, 3.63) is 47.5 Å². The maximum atomic E-state index is 8.74. The molecule has 0 aliphatic heterocycles. The summed E-state index contributed by atoms with van der Waals surface area (Å²) in [5.41, 5.74) is 3.26. The van der Waals surface area contributed by atoms with Gasteiger partial charge in [-0.3, -0.25) is 9.11 Å². The monoisotopic (exact) mass is 450 g/mol. The maximum absolute atomic E-state index is 8.74. The number of aryl methyl sites for hydroxylation is 2. The molecule has 2 aromatic carbocycles. The average molecular weight is 451 g/mol. The lowest BCUT2D eigenvalue weighted by Crippen LogP contribution is -1.97. The first-order valence-corrected chi connectivity index (χ1v) is 13.5. The van der Waals surface area contributed by atoms with E-state index in [0.29, 0.717) is 0 Å². The number of fused-ring (bicyclic) bond motifs is 1. The van der Waals surface area contributed by atoms with Crippen LogP contribution in [0.25, 0.3) is 10.8 Å². The Bertz CT molecular complexity index is 822.